The van der Waals surface area contributed by atoms with Crippen molar-refractivity contribution < 1.29 is 28.3 Å². The first-order chi connectivity index (χ1) is 13.1. The first-order valence-electron chi connectivity index (χ1n) is 8.47. The Morgan fingerprint density at radius 2 is 1.82 bits per heavy atom. The molecule has 0 aliphatic rings. The summed E-state index contributed by atoms with van der Waals surface area (Å²) in [6, 6.07) is 7.53. The third-order valence-corrected chi connectivity index (χ3v) is 3.25. The minimum atomic E-state index is -0.804. The number of benzene rings is 2. The standard InChI is InChI=1S/C19H21FN2O6/c1-5-26-17-10-12(22(24)25)6-8-16(17)27-13-7-9-15(14(20)11-13)28-18(23)21-19(2,3)4/h6-11H,5H2,1-4H3,(H,21,23). The van der Waals surface area contributed by atoms with Gasteiger partial charge in [-0.2, -0.15) is 0 Å². The molecule has 2 aromatic carbocycles. The van der Waals surface area contributed by atoms with E-state index in [9.17, 15) is 19.3 Å². The van der Waals surface area contributed by atoms with Gasteiger partial charge in [0.15, 0.2) is 23.1 Å². The third kappa shape index (κ3) is 5.83. The molecule has 1 N–H and O–H groups in total. The number of rotatable bonds is 6. The molecule has 0 aliphatic heterocycles. The van der Waals surface area contributed by atoms with E-state index < -0.39 is 22.4 Å². The van der Waals surface area contributed by atoms with E-state index in [0.717, 1.165) is 6.07 Å². The van der Waals surface area contributed by atoms with Crippen molar-refractivity contribution in [3.63, 3.8) is 0 Å². The van der Waals surface area contributed by atoms with Crippen LogP contribution >= 0.6 is 0 Å². The van der Waals surface area contributed by atoms with Gasteiger partial charge in [0.1, 0.15) is 5.75 Å². The zero-order chi connectivity index (χ0) is 20.9. The van der Waals surface area contributed by atoms with E-state index in [2.05, 4.69) is 5.32 Å². The number of amides is 1. The van der Waals surface area contributed by atoms with E-state index in [0.29, 0.717) is 0 Å². The molecular weight excluding hydrogens is 371 g/mol. The average molecular weight is 392 g/mol. The number of hydrogen-bond acceptors (Lipinski definition) is 6. The fraction of sp³-hybridized carbons (Fsp3) is 0.316. The van der Waals surface area contributed by atoms with Crippen LogP contribution in [0.5, 0.6) is 23.0 Å². The predicted octanol–water partition coefficient (Wildman–Crippen LogP) is 4.81. The summed E-state index contributed by atoms with van der Waals surface area (Å²) in [4.78, 5) is 22.1. The Hall–Kier alpha value is -3.36. The normalized spacial score (nSPS) is 10.9. The van der Waals surface area contributed by atoms with Crippen LogP contribution in [0.15, 0.2) is 36.4 Å². The molecule has 0 aliphatic carbocycles. The molecular formula is C19H21FN2O6. The minimum absolute atomic E-state index is 0.107. The molecule has 0 unspecified atom stereocenters. The van der Waals surface area contributed by atoms with Crippen molar-refractivity contribution in [1.29, 1.82) is 0 Å². The van der Waals surface area contributed by atoms with E-state index in [1.807, 2.05) is 0 Å². The van der Waals surface area contributed by atoms with Crippen LogP contribution < -0.4 is 19.5 Å². The summed E-state index contributed by atoms with van der Waals surface area (Å²) in [6.45, 7) is 7.28. The van der Waals surface area contributed by atoms with E-state index in [4.69, 9.17) is 14.2 Å². The molecule has 28 heavy (non-hydrogen) atoms. The van der Waals surface area contributed by atoms with E-state index in [1.54, 1.807) is 27.7 Å². The summed E-state index contributed by atoms with van der Waals surface area (Å²) in [5.74, 6) is -0.617. The maximum absolute atomic E-state index is 14.3. The smallest absolute Gasteiger partial charge is 0.413 e. The molecule has 8 nitrogen and oxygen atoms in total. The number of carbonyl (C=O) groups is 1. The van der Waals surface area contributed by atoms with E-state index >= 15 is 0 Å². The monoisotopic (exact) mass is 392 g/mol. The number of nitrogens with one attached hydrogen (secondary N) is 1. The molecule has 1 amide bonds. The van der Waals surface area contributed by atoms with Crippen LogP contribution in [-0.2, 0) is 0 Å². The molecule has 2 aromatic rings. The highest BCUT2D eigenvalue weighted by Gasteiger charge is 2.18. The number of nitro groups is 1. The van der Waals surface area contributed by atoms with E-state index in [1.165, 1.54) is 30.3 Å². The molecule has 0 spiro atoms. The van der Waals surface area contributed by atoms with Crippen molar-refractivity contribution in [2.75, 3.05) is 6.61 Å². The SMILES string of the molecule is CCOc1cc([N+](=O)[O-])ccc1Oc1ccc(OC(=O)NC(C)(C)C)c(F)c1. The lowest BCUT2D eigenvalue weighted by Gasteiger charge is -2.20. The van der Waals surface area contributed by atoms with E-state index in [-0.39, 0.29) is 35.3 Å². The maximum atomic E-state index is 14.3. The molecule has 0 fully saturated rings. The molecule has 0 aromatic heterocycles. The molecule has 150 valence electrons. The number of halogens is 1. The molecule has 0 atom stereocenters. The van der Waals surface area contributed by atoms with Gasteiger partial charge in [-0.1, -0.05) is 0 Å². The van der Waals surface area contributed by atoms with Crippen LogP contribution in [0.1, 0.15) is 27.7 Å². The average Bonchev–Trinajstić information content (AvgIpc) is 2.57. The third-order valence-electron chi connectivity index (χ3n) is 3.25. The Kier molecular flexibility index (Phi) is 6.40. The largest absolute Gasteiger partial charge is 0.490 e. The number of hydrogen-bond donors (Lipinski definition) is 1. The van der Waals surface area contributed by atoms with Crippen LogP contribution in [-0.4, -0.2) is 23.2 Å². The lowest BCUT2D eigenvalue weighted by Crippen LogP contribution is -2.42. The summed E-state index contributed by atoms with van der Waals surface area (Å²) in [6.07, 6.45) is -0.783. The Bertz CT molecular complexity index is 879. The van der Waals surface area contributed by atoms with Crippen LogP contribution in [0, 0.1) is 15.9 Å². The summed E-state index contributed by atoms with van der Waals surface area (Å²) >= 11 is 0. The van der Waals surface area contributed by atoms with Crippen LogP contribution in [0.3, 0.4) is 0 Å². The number of carbonyl (C=O) groups excluding carboxylic acids is 1. The Labute approximate surface area is 161 Å². The van der Waals surface area contributed by atoms with Gasteiger partial charge in [-0.3, -0.25) is 10.1 Å². The van der Waals surface area contributed by atoms with Gasteiger partial charge in [-0.05, 0) is 45.9 Å². The Morgan fingerprint density at radius 3 is 2.39 bits per heavy atom. The fourth-order valence-corrected chi connectivity index (χ4v) is 2.15. The number of non-ortho nitro benzene ring substituents is 1. The highest BCUT2D eigenvalue weighted by molar-refractivity contribution is 5.71. The molecule has 0 radical (unpaired) electrons. The second-order valence-corrected chi connectivity index (χ2v) is 6.78. The highest BCUT2D eigenvalue weighted by Crippen LogP contribution is 2.35. The summed E-state index contributed by atoms with van der Waals surface area (Å²) in [5, 5.41) is 13.5. The zero-order valence-corrected chi connectivity index (χ0v) is 15.9. The van der Waals surface area contributed by atoms with Crippen molar-refractivity contribution in [1.82, 2.24) is 5.32 Å². The van der Waals surface area contributed by atoms with Gasteiger partial charge >= 0.3 is 6.09 Å². The summed E-state index contributed by atoms with van der Waals surface area (Å²) < 4.78 is 30.1. The summed E-state index contributed by atoms with van der Waals surface area (Å²) in [5.41, 5.74) is -0.682. The Morgan fingerprint density at radius 1 is 1.14 bits per heavy atom. The van der Waals surface area contributed by atoms with Crippen LogP contribution in [0.2, 0.25) is 0 Å². The summed E-state index contributed by atoms with van der Waals surface area (Å²) in [7, 11) is 0. The van der Waals surface area contributed by atoms with Gasteiger partial charge in [0.2, 0.25) is 0 Å². The van der Waals surface area contributed by atoms with Crippen molar-refractivity contribution in [2.45, 2.75) is 33.2 Å². The Balaban J connectivity index is 2.18. The van der Waals surface area contributed by atoms with Gasteiger partial charge in [0, 0.05) is 17.7 Å². The molecule has 9 heteroatoms. The molecule has 0 bridgehead atoms. The van der Waals surface area contributed by atoms with Crippen molar-refractivity contribution in [2.24, 2.45) is 0 Å². The lowest BCUT2D eigenvalue weighted by molar-refractivity contribution is -0.385. The number of nitrogens with zero attached hydrogens (tertiary/aromatic N) is 1. The molecule has 0 saturated carbocycles. The van der Waals surface area contributed by atoms with Gasteiger partial charge in [0.05, 0.1) is 17.6 Å². The fourth-order valence-electron chi connectivity index (χ4n) is 2.15. The second kappa shape index (κ2) is 8.55. The maximum Gasteiger partial charge on any atom is 0.413 e. The first kappa shape index (κ1) is 20.9. The lowest BCUT2D eigenvalue weighted by atomic mass is 10.1. The van der Waals surface area contributed by atoms with Crippen molar-refractivity contribution in [3.8, 4) is 23.0 Å². The quantitative estimate of drug-likeness (QED) is 0.559. The zero-order valence-electron chi connectivity index (χ0n) is 15.9. The highest BCUT2D eigenvalue weighted by atomic mass is 19.1. The predicted molar refractivity (Wildman–Crippen MR) is 99.7 cm³/mol. The second-order valence-electron chi connectivity index (χ2n) is 6.78. The van der Waals surface area contributed by atoms with Crippen LogP contribution in [0.25, 0.3) is 0 Å². The van der Waals surface area contributed by atoms with Gasteiger partial charge in [-0.25, -0.2) is 9.18 Å². The molecule has 2 rings (SSSR count). The number of ether oxygens (including phenoxy) is 3. The first-order valence-corrected chi connectivity index (χ1v) is 8.47. The minimum Gasteiger partial charge on any atom is -0.490 e. The molecule has 0 saturated heterocycles. The number of nitro benzene ring substituents is 1. The topological polar surface area (TPSA) is 99.9 Å². The van der Waals surface area contributed by atoms with Crippen LogP contribution in [0.4, 0.5) is 14.9 Å². The van der Waals surface area contributed by atoms with Crippen molar-refractivity contribution >= 4 is 11.8 Å². The van der Waals surface area contributed by atoms with Gasteiger partial charge < -0.3 is 19.5 Å². The molecule has 0 heterocycles. The van der Waals surface area contributed by atoms with Gasteiger partial charge in [0.25, 0.3) is 5.69 Å². The van der Waals surface area contributed by atoms with Crippen molar-refractivity contribution in [3.05, 3.63) is 52.3 Å². The van der Waals surface area contributed by atoms with Gasteiger partial charge in [-0.15, -0.1) is 0 Å².